The fourth-order valence-corrected chi connectivity index (χ4v) is 6.47. The molecular weight excluding hydrogens is 569 g/mol. The molecule has 2 aromatic carbocycles. The summed E-state index contributed by atoms with van der Waals surface area (Å²) in [4.78, 5) is 0. The zero-order valence-corrected chi connectivity index (χ0v) is 23.3. The third-order valence-electron chi connectivity index (χ3n) is 8.77. The number of hydrogen-bond donors (Lipinski definition) is 0. The summed E-state index contributed by atoms with van der Waals surface area (Å²) in [6, 6.07) is 7.12. The van der Waals surface area contributed by atoms with E-state index in [1.807, 2.05) is 6.07 Å². The second-order valence-electron chi connectivity index (χ2n) is 11.9. The van der Waals surface area contributed by atoms with E-state index in [1.165, 1.54) is 0 Å². The molecule has 0 N–H and O–H groups in total. The molecule has 5 rings (SSSR count). The lowest BCUT2D eigenvalue weighted by Crippen LogP contribution is -2.37. The molecule has 0 aromatic heterocycles. The summed E-state index contributed by atoms with van der Waals surface area (Å²) in [7, 11) is 0. The van der Waals surface area contributed by atoms with Crippen LogP contribution in [0.2, 0.25) is 0 Å². The average Bonchev–Trinajstić information content (AvgIpc) is 2.94. The van der Waals surface area contributed by atoms with Crippen LogP contribution in [-0.4, -0.2) is 32.0 Å². The van der Waals surface area contributed by atoms with Gasteiger partial charge in [-0.15, -0.1) is 13.2 Å². The molecule has 3 aliphatic rings. The van der Waals surface area contributed by atoms with Crippen molar-refractivity contribution in [3.05, 3.63) is 59.2 Å². The number of benzene rings is 2. The van der Waals surface area contributed by atoms with Crippen molar-refractivity contribution in [2.24, 2.45) is 17.8 Å². The molecule has 2 saturated carbocycles. The number of halogens is 7. The lowest BCUT2D eigenvalue weighted by Gasteiger charge is -2.37. The van der Waals surface area contributed by atoms with Gasteiger partial charge >= 0.3 is 12.5 Å². The van der Waals surface area contributed by atoms with Gasteiger partial charge in [0.05, 0.1) is 19.1 Å². The van der Waals surface area contributed by atoms with Gasteiger partial charge in [0.2, 0.25) is 0 Å². The van der Waals surface area contributed by atoms with Crippen LogP contribution in [0.15, 0.2) is 36.4 Å². The summed E-state index contributed by atoms with van der Waals surface area (Å²) in [5.74, 6) is -3.99. The second kappa shape index (κ2) is 12.6. The van der Waals surface area contributed by atoms with Gasteiger partial charge in [-0.2, -0.15) is 8.78 Å². The van der Waals surface area contributed by atoms with Crippen molar-refractivity contribution < 1.29 is 49.7 Å². The molecule has 0 spiro atoms. The van der Waals surface area contributed by atoms with Crippen LogP contribution in [0.1, 0.15) is 81.3 Å². The normalized spacial score (nSPS) is 29.2. The zero-order valence-electron chi connectivity index (χ0n) is 23.3. The minimum Gasteiger partial charge on any atom is -0.432 e. The summed E-state index contributed by atoms with van der Waals surface area (Å²) < 4.78 is 116. The van der Waals surface area contributed by atoms with E-state index in [2.05, 4.69) is 11.7 Å². The van der Waals surface area contributed by atoms with Crippen LogP contribution in [0, 0.1) is 29.4 Å². The van der Waals surface area contributed by atoms with Crippen LogP contribution in [0.3, 0.4) is 0 Å². The highest BCUT2D eigenvalue weighted by molar-refractivity contribution is 5.34. The Balaban J connectivity index is 1.13. The Morgan fingerprint density at radius 2 is 1.36 bits per heavy atom. The Morgan fingerprint density at radius 3 is 1.95 bits per heavy atom. The average molecular weight is 605 g/mol. The van der Waals surface area contributed by atoms with E-state index in [0.717, 1.165) is 37.3 Å². The standard InChI is InChI=1S/C31H35F7O4/c1-18-16-39-29(40-17-18)21-4-2-19(3-5-21)22-8-12-25(26(32)14-22)20-6-9-23(10-7-20)30(34,35)41-24-11-13-28(27(33)15-24)42-31(36,37)38/h8,11-15,18-21,23,29H,2-7,9-10,16-17H2,1H3. The minimum atomic E-state index is -5.12. The fourth-order valence-electron chi connectivity index (χ4n) is 6.47. The molecule has 0 bridgehead atoms. The SMILES string of the molecule is CC1COC(C2CCC(c3ccc(C4CCC(C(F)(F)Oc5ccc(OC(F)(F)F)c(F)c5)CC4)c(F)c3)CC2)OC1. The van der Waals surface area contributed by atoms with Crippen molar-refractivity contribution >= 4 is 0 Å². The first-order valence-electron chi connectivity index (χ1n) is 14.5. The smallest absolute Gasteiger partial charge is 0.432 e. The van der Waals surface area contributed by atoms with E-state index >= 15 is 4.39 Å². The highest BCUT2D eigenvalue weighted by atomic mass is 19.4. The highest BCUT2D eigenvalue weighted by Crippen LogP contribution is 2.45. The lowest BCUT2D eigenvalue weighted by molar-refractivity contribution is -0.275. The first-order valence-corrected chi connectivity index (χ1v) is 14.5. The molecule has 3 fully saturated rings. The van der Waals surface area contributed by atoms with E-state index in [-0.39, 0.29) is 36.8 Å². The Hall–Kier alpha value is -2.53. The van der Waals surface area contributed by atoms with Gasteiger partial charge in [0.15, 0.2) is 17.9 Å². The third-order valence-corrected chi connectivity index (χ3v) is 8.77. The van der Waals surface area contributed by atoms with Crippen LogP contribution in [-0.2, 0) is 9.47 Å². The molecule has 232 valence electrons. The molecule has 1 aliphatic heterocycles. The maximum atomic E-state index is 15.3. The van der Waals surface area contributed by atoms with Gasteiger partial charge in [0, 0.05) is 17.9 Å². The van der Waals surface area contributed by atoms with Gasteiger partial charge in [-0.3, -0.25) is 0 Å². The van der Waals surface area contributed by atoms with Crippen molar-refractivity contribution in [1.82, 2.24) is 0 Å². The molecule has 0 radical (unpaired) electrons. The summed E-state index contributed by atoms with van der Waals surface area (Å²) in [6.45, 7) is 3.51. The van der Waals surface area contributed by atoms with Crippen molar-refractivity contribution in [1.29, 1.82) is 0 Å². The summed E-state index contributed by atoms with van der Waals surface area (Å²) in [6.07, 6.45) is -4.49. The van der Waals surface area contributed by atoms with Crippen LogP contribution < -0.4 is 9.47 Å². The van der Waals surface area contributed by atoms with Crippen LogP contribution >= 0.6 is 0 Å². The molecule has 0 unspecified atom stereocenters. The van der Waals surface area contributed by atoms with E-state index in [9.17, 15) is 26.3 Å². The monoisotopic (exact) mass is 604 g/mol. The molecule has 0 amide bonds. The van der Waals surface area contributed by atoms with E-state index in [1.54, 1.807) is 12.1 Å². The number of rotatable bonds is 7. The van der Waals surface area contributed by atoms with Gasteiger partial charge in [0.1, 0.15) is 11.6 Å². The van der Waals surface area contributed by atoms with Gasteiger partial charge < -0.3 is 18.9 Å². The summed E-state index contributed by atoms with van der Waals surface area (Å²) in [5, 5.41) is 0. The van der Waals surface area contributed by atoms with Gasteiger partial charge in [-0.25, -0.2) is 8.78 Å². The summed E-state index contributed by atoms with van der Waals surface area (Å²) in [5.41, 5.74) is 1.46. The number of ether oxygens (including phenoxy) is 4. The van der Waals surface area contributed by atoms with Crippen molar-refractivity contribution in [2.45, 2.75) is 88.9 Å². The maximum Gasteiger partial charge on any atom is 0.573 e. The first kappa shape index (κ1) is 30.9. The Kier molecular flexibility index (Phi) is 9.27. The highest BCUT2D eigenvalue weighted by Gasteiger charge is 2.45. The lowest BCUT2D eigenvalue weighted by atomic mass is 9.76. The van der Waals surface area contributed by atoms with Crippen molar-refractivity contribution in [3.8, 4) is 11.5 Å². The predicted octanol–water partition coefficient (Wildman–Crippen LogP) is 9.09. The van der Waals surface area contributed by atoms with Crippen LogP contribution in [0.4, 0.5) is 30.7 Å². The number of alkyl halides is 5. The maximum absolute atomic E-state index is 15.3. The Morgan fingerprint density at radius 1 is 0.714 bits per heavy atom. The van der Waals surface area contributed by atoms with Gasteiger partial charge in [-0.1, -0.05) is 19.1 Å². The molecule has 2 aliphatic carbocycles. The van der Waals surface area contributed by atoms with E-state index in [0.29, 0.717) is 55.6 Å². The Labute approximate surface area is 240 Å². The van der Waals surface area contributed by atoms with Crippen molar-refractivity contribution in [3.63, 3.8) is 0 Å². The molecular formula is C31H35F7O4. The minimum absolute atomic E-state index is 0.0463. The molecule has 2 aromatic rings. The zero-order chi connectivity index (χ0) is 30.1. The fraction of sp³-hybridized carbons (Fsp3) is 0.613. The van der Waals surface area contributed by atoms with Crippen LogP contribution in [0.5, 0.6) is 11.5 Å². The van der Waals surface area contributed by atoms with E-state index < -0.39 is 35.7 Å². The van der Waals surface area contributed by atoms with E-state index in [4.69, 9.17) is 14.2 Å². The molecule has 4 nitrogen and oxygen atoms in total. The molecule has 42 heavy (non-hydrogen) atoms. The summed E-state index contributed by atoms with van der Waals surface area (Å²) >= 11 is 0. The quantitative estimate of drug-likeness (QED) is 0.296. The van der Waals surface area contributed by atoms with Crippen LogP contribution in [0.25, 0.3) is 0 Å². The van der Waals surface area contributed by atoms with Gasteiger partial charge in [0.25, 0.3) is 0 Å². The molecule has 1 saturated heterocycles. The largest absolute Gasteiger partial charge is 0.573 e. The van der Waals surface area contributed by atoms with Gasteiger partial charge in [-0.05, 0) is 92.5 Å². The predicted molar refractivity (Wildman–Crippen MR) is 139 cm³/mol. The Bertz CT molecular complexity index is 1200. The number of hydrogen-bond acceptors (Lipinski definition) is 4. The third kappa shape index (κ3) is 7.51. The molecule has 0 atom stereocenters. The molecule has 11 heteroatoms. The second-order valence-corrected chi connectivity index (χ2v) is 11.9. The van der Waals surface area contributed by atoms with Crippen molar-refractivity contribution in [2.75, 3.05) is 13.2 Å². The first-order chi connectivity index (χ1) is 19.9. The topological polar surface area (TPSA) is 36.9 Å². The molecule has 1 heterocycles.